The van der Waals surface area contributed by atoms with Crippen LogP contribution in [0.3, 0.4) is 0 Å². The first-order chi connectivity index (χ1) is 10.6. The number of hydrogen-bond donors (Lipinski definition) is 1. The SMILES string of the molecule is CC(NC(=O)CCCSc1ccc(Cl)cc1)c1ccccc1. The number of nitrogens with one attached hydrogen (secondary N) is 1. The Morgan fingerprint density at radius 1 is 1.14 bits per heavy atom. The van der Waals surface area contributed by atoms with Crippen molar-refractivity contribution in [2.24, 2.45) is 0 Å². The first-order valence-electron chi connectivity index (χ1n) is 7.38. The van der Waals surface area contributed by atoms with Gasteiger partial charge in [-0.05, 0) is 48.9 Å². The summed E-state index contributed by atoms with van der Waals surface area (Å²) in [6.45, 7) is 2.01. The third kappa shape index (κ3) is 5.74. The van der Waals surface area contributed by atoms with Crippen LogP contribution in [-0.4, -0.2) is 11.7 Å². The molecule has 0 radical (unpaired) electrons. The van der Waals surface area contributed by atoms with E-state index in [1.54, 1.807) is 11.8 Å². The summed E-state index contributed by atoms with van der Waals surface area (Å²) in [5.74, 6) is 1.03. The average molecular weight is 334 g/mol. The maximum absolute atomic E-state index is 11.9. The van der Waals surface area contributed by atoms with E-state index < -0.39 is 0 Å². The van der Waals surface area contributed by atoms with Gasteiger partial charge in [-0.1, -0.05) is 41.9 Å². The number of benzene rings is 2. The minimum absolute atomic E-state index is 0.0534. The predicted molar refractivity (Wildman–Crippen MR) is 94.4 cm³/mol. The van der Waals surface area contributed by atoms with Crippen LogP contribution >= 0.6 is 23.4 Å². The molecular weight excluding hydrogens is 314 g/mol. The molecule has 2 rings (SSSR count). The van der Waals surface area contributed by atoms with E-state index >= 15 is 0 Å². The molecule has 0 fully saturated rings. The average Bonchev–Trinajstić information content (AvgIpc) is 2.54. The molecule has 0 spiro atoms. The first-order valence-corrected chi connectivity index (χ1v) is 8.74. The zero-order valence-electron chi connectivity index (χ0n) is 12.6. The van der Waals surface area contributed by atoms with Gasteiger partial charge in [-0.15, -0.1) is 11.8 Å². The van der Waals surface area contributed by atoms with Crippen LogP contribution in [0.25, 0.3) is 0 Å². The van der Waals surface area contributed by atoms with Gasteiger partial charge in [-0.25, -0.2) is 0 Å². The van der Waals surface area contributed by atoms with Crippen molar-refractivity contribution >= 4 is 29.3 Å². The Labute approximate surface area is 141 Å². The van der Waals surface area contributed by atoms with Crippen LogP contribution in [0, 0.1) is 0 Å². The zero-order valence-corrected chi connectivity index (χ0v) is 14.2. The van der Waals surface area contributed by atoms with Gasteiger partial charge in [0.2, 0.25) is 5.91 Å². The van der Waals surface area contributed by atoms with Crippen LogP contribution < -0.4 is 5.32 Å². The summed E-state index contributed by atoms with van der Waals surface area (Å²) < 4.78 is 0. The molecule has 0 aliphatic carbocycles. The Hall–Kier alpha value is -1.45. The highest BCUT2D eigenvalue weighted by molar-refractivity contribution is 7.99. The highest BCUT2D eigenvalue weighted by Gasteiger charge is 2.08. The fraction of sp³-hybridized carbons (Fsp3) is 0.278. The van der Waals surface area contributed by atoms with Crippen molar-refractivity contribution in [1.82, 2.24) is 5.32 Å². The first kappa shape index (κ1) is 16.9. The molecule has 0 bridgehead atoms. The van der Waals surface area contributed by atoms with Crippen LogP contribution in [0.2, 0.25) is 5.02 Å². The molecule has 0 saturated heterocycles. The third-order valence-electron chi connectivity index (χ3n) is 3.31. The Morgan fingerprint density at radius 2 is 1.82 bits per heavy atom. The topological polar surface area (TPSA) is 29.1 Å². The molecule has 22 heavy (non-hydrogen) atoms. The van der Waals surface area contributed by atoms with Gasteiger partial charge in [0.1, 0.15) is 0 Å². The molecule has 0 aromatic heterocycles. The lowest BCUT2D eigenvalue weighted by molar-refractivity contribution is -0.121. The smallest absolute Gasteiger partial charge is 0.220 e. The summed E-state index contributed by atoms with van der Waals surface area (Å²) in [6.07, 6.45) is 1.42. The number of amides is 1. The van der Waals surface area contributed by atoms with E-state index in [0.717, 1.165) is 22.8 Å². The second-order valence-corrected chi connectivity index (χ2v) is 6.71. The van der Waals surface area contributed by atoms with E-state index in [1.165, 1.54) is 4.90 Å². The Bertz CT molecular complexity index is 586. The van der Waals surface area contributed by atoms with E-state index in [9.17, 15) is 4.79 Å². The van der Waals surface area contributed by atoms with Crippen LogP contribution in [0.5, 0.6) is 0 Å². The molecule has 0 saturated carbocycles. The molecule has 1 N–H and O–H groups in total. The monoisotopic (exact) mass is 333 g/mol. The summed E-state index contributed by atoms with van der Waals surface area (Å²) in [7, 11) is 0. The summed E-state index contributed by atoms with van der Waals surface area (Å²) in [4.78, 5) is 13.1. The van der Waals surface area contributed by atoms with Crippen LogP contribution in [0.4, 0.5) is 0 Å². The van der Waals surface area contributed by atoms with Gasteiger partial charge < -0.3 is 5.32 Å². The fourth-order valence-corrected chi connectivity index (χ4v) is 3.07. The fourth-order valence-electron chi connectivity index (χ4n) is 2.09. The van der Waals surface area contributed by atoms with Crippen LogP contribution in [-0.2, 0) is 4.79 Å². The zero-order chi connectivity index (χ0) is 15.8. The highest BCUT2D eigenvalue weighted by Crippen LogP contribution is 2.21. The van der Waals surface area contributed by atoms with Gasteiger partial charge in [0.25, 0.3) is 0 Å². The van der Waals surface area contributed by atoms with Crippen molar-refractivity contribution in [2.45, 2.75) is 30.7 Å². The Morgan fingerprint density at radius 3 is 2.50 bits per heavy atom. The number of rotatable bonds is 7. The highest BCUT2D eigenvalue weighted by atomic mass is 35.5. The lowest BCUT2D eigenvalue weighted by Crippen LogP contribution is -2.26. The van der Waals surface area contributed by atoms with Crippen LogP contribution in [0.1, 0.15) is 31.4 Å². The Kier molecular flexibility index (Phi) is 6.81. The molecule has 2 aromatic rings. The standard InChI is InChI=1S/C18H20ClNOS/c1-14(15-6-3-2-4-7-15)20-18(21)8-5-13-22-17-11-9-16(19)10-12-17/h2-4,6-7,9-12,14H,5,8,13H2,1H3,(H,20,21). The van der Waals surface area contributed by atoms with E-state index in [4.69, 9.17) is 11.6 Å². The lowest BCUT2D eigenvalue weighted by atomic mass is 10.1. The van der Waals surface area contributed by atoms with Crippen molar-refractivity contribution in [3.63, 3.8) is 0 Å². The molecule has 0 aliphatic heterocycles. The Balaban J connectivity index is 1.66. The van der Waals surface area contributed by atoms with E-state index in [-0.39, 0.29) is 11.9 Å². The van der Waals surface area contributed by atoms with Crippen molar-refractivity contribution in [3.05, 3.63) is 65.2 Å². The van der Waals surface area contributed by atoms with Crippen molar-refractivity contribution in [3.8, 4) is 0 Å². The normalized spacial score (nSPS) is 11.9. The van der Waals surface area contributed by atoms with E-state index in [0.29, 0.717) is 6.42 Å². The quantitative estimate of drug-likeness (QED) is 0.565. The van der Waals surface area contributed by atoms with Gasteiger partial charge in [0, 0.05) is 16.3 Å². The molecule has 2 aromatic carbocycles. The maximum Gasteiger partial charge on any atom is 0.220 e. The molecule has 0 aliphatic rings. The van der Waals surface area contributed by atoms with Crippen molar-refractivity contribution in [2.75, 3.05) is 5.75 Å². The molecule has 0 heterocycles. The van der Waals surface area contributed by atoms with E-state index in [2.05, 4.69) is 5.32 Å². The number of hydrogen-bond acceptors (Lipinski definition) is 2. The minimum Gasteiger partial charge on any atom is -0.350 e. The van der Waals surface area contributed by atoms with Gasteiger partial charge in [0.05, 0.1) is 6.04 Å². The maximum atomic E-state index is 11.9. The number of carbonyl (C=O) groups excluding carboxylic acids is 1. The third-order valence-corrected chi connectivity index (χ3v) is 4.66. The van der Waals surface area contributed by atoms with Gasteiger partial charge in [0.15, 0.2) is 0 Å². The second-order valence-electron chi connectivity index (χ2n) is 5.11. The van der Waals surface area contributed by atoms with E-state index in [1.807, 2.05) is 61.5 Å². The summed E-state index contributed by atoms with van der Waals surface area (Å²) in [5.41, 5.74) is 1.13. The number of thioether (sulfide) groups is 1. The summed E-state index contributed by atoms with van der Waals surface area (Å²) in [6, 6.07) is 17.8. The second kappa shape index (κ2) is 8.86. The largest absolute Gasteiger partial charge is 0.350 e. The molecule has 4 heteroatoms. The van der Waals surface area contributed by atoms with Gasteiger partial charge in [-0.2, -0.15) is 0 Å². The molecule has 1 unspecified atom stereocenters. The minimum atomic E-state index is 0.0534. The van der Waals surface area contributed by atoms with Crippen molar-refractivity contribution < 1.29 is 4.79 Å². The molecular formula is C18H20ClNOS. The van der Waals surface area contributed by atoms with Gasteiger partial charge in [-0.3, -0.25) is 4.79 Å². The predicted octanol–water partition coefficient (Wildman–Crippen LogP) is 5.09. The molecule has 2 nitrogen and oxygen atoms in total. The lowest BCUT2D eigenvalue weighted by Gasteiger charge is -2.14. The number of halogens is 1. The number of carbonyl (C=O) groups is 1. The summed E-state index contributed by atoms with van der Waals surface area (Å²) in [5, 5.41) is 3.79. The molecule has 1 atom stereocenters. The van der Waals surface area contributed by atoms with Gasteiger partial charge >= 0.3 is 0 Å². The molecule has 1 amide bonds. The van der Waals surface area contributed by atoms with Crippen LogP contribution in [0.15, 0.2) is 59.5 Å². The van der Waals surface area contributed by atoms with Crippen molar-refractivity contribution in [1.29, 1.82) is 0 Å². The summed E-state index contributed by atoms with van der Waals surface area (Å²) >= 11 is 7.60. The molecule has 116 valence electrons.